The fourth-order valence-electron chi connectivity index (χ4n) is 1.62. The van der Waals surface area contributed by atoms with Gasteiger partial charge < -0.3 is 11.1 Å². The zero-order valence-corrected chi connectivity index (χ0v) is 12.5. The molecule has 0 fully saturated rings. The molecule has 2 aromatic heterocycles. The lowest BCUT2D eigenvalue weighted by Crippen LogP contribution is -2.09. The molecule has 6 heteroatoms. The summed E-state index contributed by atoms with van der Waals surface area (Å²) in [4.78, 5) is 14.6. The maximum atomic E-state index is 12.1. The van der Waals surface area contributed by atoms with Crippen molar-refractivity contribution in [1.82, 2.24) is 0 Å². The lowest BCUT2D eigenvalue weighted by molar-refractivity contribution is 0.103. The van der Waals surface area contributed by atoms with Crippen LogP contribution in [-0.4, -0.2) is 5.91 Å². The molecule has 2 heterocycles. The van der Waals surface area contributed by atoms with Crippen LogP contribution in [0.4, 0.5) is 10.7 Å². The maximum absolute atomic E-state index is 12.1. The van der Waals surface area contributed by atoms with Crippen molar-refractivity contribution in [3.63, 3.8) is 0 Å². The van der Waals surface area contributed by atoms with Crippen molar-refractivity contribution < 1.29 is 4.79 Å². The number of nitrogens with zero attached hydrogens (tertiary/aromatic N) is 1. The highest BCUT2D eigenvalue weighted by atomic mass is 32.1. The minimum absolute atomic E-state index is 0.220. The average Bonchev–Trinajstić information content (AvgIpc) is 2.82. The number of hydrogen-bond donors (Lipinski definition) is 2. The average molecular weight is 291 g/mol. The molecular weight excluding hydrogens is 278 g/mol. The van der Waals surface area contributed by atoms with Crippen molar-refractivity contribution in [3.8, 4) is 6.07 Å². The Kier molecular flexibility index (Phi) is 3.60. The first kappa shape index (κ1) is 13.6. The summed E-state index contributed by atoms with van der Waals surface area (Å²) in [6.45, 7) is 5.69. The summed E-state index contributed by atoms with van der Waals surface area (Å²) in [5, 5.41) is 12.5. The number of amides is 1. The topological polar surface area (TPSA) is 78.9 Å². The Hall–Kier alpha value is -1.84. The Labute approximate surface area is 119 Å². The van der Waals surface area contributed by atoms with Crippen molar-refractivity contribution in [2.45, 2.75) is 20.8 Å². The van der Waals surface area contributed by atoms with E-state index >= 15 is 0 Å². The summed E-state index contributed by atoms with van der Waals surface area (Å²) in [7, 11) is 0. The monoisotopic (exact) mass is 291 g/mol. The third-order valence-electron chi connectivity index (χ3n) is 2.90. The number of nitrogens with one attached hydrogen (secondary N) is 1. The van der Waals surface area contributed by atoms with E-state index < -0.39 is 0 Å². The number of carbonyl (C=O) groups excluding carboxylic acids is 1. The van der Waals surface area contributed by atoms with Gasteiger partial charge in [-0.1, -0.05) is 0 Å². The number of anilines is 2. The van der Waals surface area contributed by atoms with Crippen LogP contribution >= 0.6 is 22.7 Å². The molecule has 0 atom stereocenters. The van der Waals surface area contributed by atoms with Crippen LogP contribution in [0, 0.1) is 32.1 Å². The van der Waals surface area contributed by atoms with Crippen molar-refractivity contribution in [1.29, 1.82) is 5.26 Å². The van der Waals surface area contributed by atoms with Gasteiger partial charge in [-0.3, -0.25) is 4.79 Å². The third kappa shape index (κ3) is 2.48. The molecule has 19 heavy (non-hydrogen) atoms. The number of nitrogens with two attached hydrogens (primary N) is 1. The van der Waals surface area contributed by atoms with Gasteiger partial charge in [0.15, 0.2) is 0 Å². The summed E-state index contributed by atoms with van der Waals surface area (Å²) in [5.41, 5.74) is 7.82. The second kappa shape index (κ2) is 5.03. The highest BCUT2D eigenvalue weighted by Crippen LogP contribution is 2.32. The fourth-order valence-corrected chi connectivity index (χ4v) is 3.46. The lowest BCUT2D eigenvalue weighted by Gasteiger charge is -2.00. The van der Waals surface area contributed by atoms with Crippen molar-refractivity contribution >= 4 is 39.3 Å². The molecule has 0 spiro atoms. The number of nitriles is 1. The predicted molar refractivity (Wildman–Crippen MR) is 79.9 cm³/mol. The number of rotatable bonds is 2. The molecule has 2 aromatic rings. The molecule has 98 valence electrons. The Morgan fingerprint density at radius 3 is 2.53 bits per heavy atom. The van der Waals surface area contributed by atoms with E-state index in [2.05, 4.69) is 11.4 Å². The maximum Gasteiger partial charge on any atom is 0.266 e. The lowest BCUT2D eigenvalue weighted by atomic mass is 10.2. The van der Waals surface area contributed by atoms with Crippen LogP contribution in [0.2, 0.25) is 0 Å². The van der Waals surface area contributed by atoms with E-state index in [1.165, 1.54) is 22.7 Å². The Balaban J connectivity index is 2.29. The first-order chi connectivity index (χ1) is 8.93. The molecule has 3 N–H and O–H groups in total. The molecule has 0 unspecified atom stereocenters. The van der Waals surface area contributed by atoms with Gasteiger partial charge in [-0.25, -0.2) is 0 Å². The van der Waals surface area contributed by atoms with Crippen LogP contribution in [0.15, 0.2) is 6.07 Å². The molecule has 0 aliphatic carbocycles. The van der Waals surface area contributed by atoms with Crippen LogP contribution in [0.1, 0.15) is 30.6 Å². The van der Waals surface area contributed by atoms with Crippen LogP contribution in [0.25, 0.3) is 0 Å². The van der Waals surface area contributed by atoms with E-state index in [1.54, 1.807) is 6.07 Å². The fraction of sp³-hybridized carbons (Fsp3) is 0.231. The van der Waals surface area contributed by atoms with Gasteiger partial charge in [0.2, 0.25) is 0 Å². The van der Waals surface area contributed by atoms with E-state index in [1.807, 2.05) is 20.8 Å². The summed E-state index contributed by atoms with van der Waals surface area (Å²) < 4.78 is 0. The largest absolute Gasteiger partial charge is 0.398 e. The SMILES string of the molecule is Cc1sc(C(=O)Nc2sc(C)c(C)c2C#N)cc1N. The molecule has 0 bridgehead atoms. The summed E-state index contributed by atoms with van der Waals surface area (Å²) in [6, 6.07) is 3.79. The minimum atomic E-state index is -0.220. The molecule has 0 aliphatic heterocycles. The molecule has 0 aliphatic rings. The van der Waals surface area contributed by atoms with E-state index in [0.29, 0.717) is 21.1 Å². The number of carbonyl (C=O) groups is 1. The summed E-state index contributed by atoms with van der Waals surface area (Å²) in [5.74, 6) is -0.220. The summed E-state index contributed by atoms with van der Waals surface area (Å²) >= 11 is 2.77. The van der Waals surface area contributed by atoms with Crippen LogP contribution in [-0.2, 0) is 0 Å². The zero-order valence-electron chi connectivity index (χ0n) is 10.8. The second-order valence-electron chi connectivity index (χ2n) is 4.18. The Bertz CT molecular complexity index is 672. The molecule has 0 saturated heterocycles. The minimum Gasteiger partial charge on any atom is -0.398 e. The highest BCUT2D eigenvalue weighted by molar-refractivity contribution is 7.17. The van der Waals surface area contributed by atoms with Gasteiger partial charge in [0, 0.05) is 15.4 Å². The van der Waals surface area contributed by atoms with Crippen molar-refractivity contribution in [3.05, 3.63) is 31.8 Å². The smallest absolute Gasteiger partial charge is 0.266 e. The predicted octanol–water partition coefficient (Wildman–Crippen LogP) is 3.44. The van der Waals surface area contributed by atoms with Gasteiger partial charge in [0.1, 0.15) is 11.1 Å². The number of nitrogen functional groups attached to an aromatic ring is 1. The Morgan fingerprint density at radius 1 is 1.32 bits per heavy atom. The molecule has 0 aromatic carbocycles. The van der Waals surface area contributed by atoms with E-state index in [4.69, 9.17) is 11.0 Å². The van der Waals surface area contributed by atoms with Gasteiger partial charge in [-0.2, -0.15) is 5.26 Å². The van der Waals surface area contributed by atoms with Gasteiger partial charge in [-0.15, -0.1) is 22.7 Å². The molecule has 0 radical (unpaired) electrons. The third-order valence-corrected chi connectivity index (χ3v) is 5.09. The molecule has 4 nitrogen and oxygen atoms in total. The van der Waals surface area contributed by atoms with Gasteiger partial charge in [0.05, 0.1) is 10.4 Å². The Morgan fingerprint density at radius 2 is 2.00 bits per heavy atom. The zero-order chi connectivity index (χ0) is 14.2. The second-order valence-corrected chi connectivity index (χ2v) is 6.66. The van der Waals surface area contributed by atoms with Gasteiger partial charge in [0.25, 0.3) is 5.91 Å². The molecule has 2 rings (SSSR count). The number of thiophene rings is 2. The number of aryl methyl sites for hydroxylation is 2. The molecule has 0 saturated carbocycles. The standard InChI is InChI=1S/C13H13N3OS2/c1-6-7(2)19-13(9(6)5-14)16-12(17)11-4-10(15)8(3)18-11/h4H,15H2,1-3H3,(H,16,17). The van der Waals surface area contributed by atoms with E-state index in [9.17, 15) is 4.79 Å². The molecule has 1 amide bonds. The van der Waals surface area contributed by atoms with Gasteiger partial charge in [-0.05, 0) is 32.4 Å². The quantitative estimate of drug-likeness (QED) is 0.889. The van der Waals surface area contributed by atoms with Crippen molar-refractivity contribution in [2.75, 3.05) is 11.1 Å². The van der Waals surface area contributed by atoms with Gasteiger partial charge >= 0.3 is 0 Å². The first-order valence-electron chi connectivity index (χ1n) is 5.61. The number of hydrogen-bond acceptors (Lipinski definition) is 5. The van der Waals surface area contributed by atoms with Crippen LogP contribution in [0.5, 0.6) is 0 Å². The highest BCUT2D eigenvalue weighted by Gasteiger charge is 2.17. The van der Waals surface area contributed by atoms with Crippen LogP contribution in [0.3, 0.4) is 0 Å². The summed E-state index contributed by atoms with van der Waals surface area (Å²) in [6.07, 6.45) is 0. The normalized spacial score (nSPS) is 10.2. The van der Waals surface area contributed by atoms with E-state index in [0.717, 1.165) is 15.3 Å². The molecular formula is C13H13N3OS2. The van der Waals surface area contributed by atoms with Crippen LogP contribution < -0.4 is 11.1 Å². The first-order valence-corrected chi connectivity index (χ1v) is 7.24. The van der Waals surface area contributed by atoms with E-state index in [-0.39, 0.29) is 5.91 Å². The van der Waals surface area contributed by atoms with Crippen molar-refractivity contribution in [2.24, 2.45) is 0 Å².